The van der Waals surface area contributed by atoms with E-state index in [1.54, 1.807) is 7.11 Å². The fraction of sp³-hybridized carbons (Fsp3) is 0.600. The maximum atomic E-state index is 6.22. The van der Waals surface area contributed by atoms with Crippen LogP contribution in [0.25, 0.3) is 0 Å². The summed E-state index contributed by atoms with van der Waals surface area (Å²) in [7, 11) is 1.67. The number of methoxy groups -OCH3 is 1. The molecule has 0 radical (unpaired) electrons. The van der Waals surface area contributed by atoms with Crippen molar-refractivity contribution in [2.24, 2.45) is 0 Å². The van der Waals surface area contributed by atoms with Crippen LogP contribution in [0.2, 0.25) is 5.02 Å². The molecule has 1 aromatic carbocycles. The molecule has 1 N–H and O–H groups in total. The Morgan fingerprint density at radius 2 is 2.35 bits per heavy atom. The zero-order valence-corrected chi connectivity index (χ0v) is 12.9. The van der Waals surface area contributed by atoms with E-state index < -0.39 is 0 Å². The van der Waals surface area contributed by atoms with Crippen molar-refractivity contribution in [2.45, 2.75) is 19.6 Å². The minimum atomic E-state index is 0.247. The summed E-state index contributed by atoms with van der Waals surface area (Å²) in [5, 5.41) is 4.15. The summed E-state index contributed by atoms with van der Waals surface area (Å²) in [6.07, 6.45) is 0.247. The molecule has 2 rings (SSSR count). The fourth-order valence-electron chi connectivity index (χ4n) is 2.45. The molecule has 5 heteroatoms. The van der Waals surface area contributed by atoms with Gasteiger partial charge < -0.3 is 14.8 Å². The first kappa shape index (κ1) is 15.6. The highest BCUT2D eigenvalue weighted by Gasteiger charge is 2.19. The Morgan fingerprint density at radius 1 is 1.50 bits per heavy atom. The second kappa shape index (κ2) is 7.84. The largest absolute Gasteiger partial charge is 0.496 e. The Kier molecular flexibility index (Phi) is 6.10. The number of rotatable bonds is 6. The van der Waals surface area contributed by atoms with Gasteiger partial charge in [0, 0.05) is 36.8 Å². The molecule has 0 saturated carbocycles. The average Bonchev–Trinajstić information content (AvgIpc) is 2.49. The first-order valence-corrected chi connectivity index (χ1v) is 7.48. The number of nitrogens with zero attached hydrogens (tertiary/aromatic N) is 1. The van der Waals surface area contributed by atoms with Gasteiger partial charge in [-0.2, -0.15) is 0 Å². The van der Waals surface area contributed by atoms with Crippen molar-refractivity contribution in [1.29, 1.82) is 0 Å². The molecular weight excluding hydrogens is 276 g/mol. The molecule has 20 heavy (non-hydrogen) atoms. The minimum absolute atomic E-state index is 0.247. The number of likely N-dealkylation sites (N-methyl/N-ethyl adjacent to an activating group) is 1. The van der Waals surface area contributed by atoms with Crippen molar-refractivity contribution in [1.82, 2.24) is 10.2 Å². The van der Waals surface area contributed by atoms with Gasteiger partial charge in [-0.1, -0.05) is 24.6 Å². The van der Waals surface area contributed by atoms with E-state index in [9.17, 15) is 0 Å². The lowest BCUT2D eigenvalue weighted by Gasteiger charge is -2.32. The molecule has 4 nitrogen and oxygen atoms in total. The summed E-state index contributed by atoms with van der Waals surface area (Å²) in [4.78, 5) is 2.41. The van der Waals surface area contributed by atoms with E-state index in [-0.39, 0.29) is 6.10 Å². The lowest BCUT2D eigenvalue weighted by Crippen LogP contribution is -2.46. The quantitative estimate of drug-likeness (QED) is 0.873. The molecule has 1 aliphatic heterocycles. The Bertz CT molecular complexity index is 428. The number of ether oxygens (including phenoxy) is 2. The van der Waals surface area contributed by atoms with Crippen molar-refractivity contribution in [3.05, 3.63) is 28.8 Å². The Morgan fingerprint density at radius 3 is 3.10 bits per heavy atom. The molecule has 0 aromatic heterocycles. The van der Waals surface area contributed by atoms with Crippen LogP contribution in [0.5, 0.6) is 5.75 Å². The molecule has 1 heterocycles. The van der Waals surface area contributed by atoms with E-state index in [4.69, 9.17) is 21.1 Å². The summed E-state index contributed by atoms with van der Waals surface area (Å²) in [6, 6.07) is 5.71. The molecule has 0 amide bonds. The van der Waals surface area contributed by atoms with Gasteiger partial charge in [0.1, 0.15) is 5.75 Å². The molecule has 0 bridgehead atoms. The van der Waals surface area contributed by atoms with Crippen LogP contribution in [-0.4, -0.2) is 50.9 Å². The van der Waals surface area contributed by atoms with Crippen molar-refractivity contribution in [2.75, 3.05) is 39.9 Å². The predicted octanol–water partition coefficient (Wildman–Crippen LogP) is 2.16. The molecule has 112 valence electrons. The average molecular weight is 299 g/mol. The summed E-state index contributed by atoms with van der Waals surface area (Å²) in [5.41, 5.74) is 1.000. The van der Waals surface area contributed by atoms with E-state index in [1.165, 1.54) is 0 Å². The molecule has 1 aromatic rings. The van der Waals surface area contributed by atoms with Gasteiger partial charge in [0.25, 0.3) is 0 Å². The Balaban J connectivity index is 1.84. The number of halogens is 1. The van der Waals surface area contributed by atoms with E-state index >= 15 is 0 Å². The topological polar surface area (TPSA) is 33.7 Å². The molecule has 1 atom stereocenters. The first-order valence-electron chi connectivity index (χ1n) is 7.10. The predicted molar refractivity (Wildman–Crippen MR) is 81.6 cm³/mol. The van der Waals surface area contributed by atoms with Crippen molar-refractivity contribution in [3.8, 4) is 5.75 Å². The van der Waals surface area contributed by atoms with Crippen LogP contribution in [-0.2, 0) is 11.3 Å². The molecule has 0 spiro atoms. The molecular formula is C15H23ClN2O2. The highest BCUT2D eigenvalue weighted by atomic mass is 35.5. The zero-order chi connectivity index (χ0) is 14.4. The normalized spacial score (nSPS) is 20.1. The van der Waals surface area contributed by atoms with Gasteiger partial charge in [0.15, 0.2) is 0 Å². The maximum Gasteiger partial charge on any atom is 0.124 e. The van der Waals surface area contributed by atoms with Crippen LogP contribution in [0.4, 0.5) is 0 Å². The number of nitrogens with one attached hydrogen (secondary N) is 1. The zero-order valence-electron chi connectivity index (χ0n) is 12.2. The van der Waals surface area contributed by atoms with Crippen molar-refractivity contribution >= 4 is 11.6 Å². The van der Waals surface area contributed by atoms with Gasteiger partial charge in [-0.25, -0.2) is 0 Å². The second-order valence-electron chi connectivity index (χ2n) is 4.94. The smallest absolute Gasteiger partial charge is 0.124 e. The van der Waals surface area contributed by atoms with E-state index in [1.807, 2.05) is 18.2 Å². The van der Waals surface area contributed by atoms with E-state index in [0.717, 1.165) is 49.1 Å². The summed E-state index contributed by atoms with van der Waals surface area (Å²) in [5.74, 6) is 0.824. The first-order chi connectivity index (χ1) is 9.74. The molecule has 1 saturated heterocycles. The number of hydrogen-bond donors (Lipinski definition) is 1. The lowest BCUT2D eigenvalue weighted by molar-refractivity contribution is -0.0253. The Labute approximate surface area is 126 Å². The van der Waals surface area contributed by atoms with Gasteiger partial charge in [-0.3, -0.25) is 4.90 Å². The SMILES string of the molecule is CCN1CCOC(CNCc2c(Cl)cccc2OC)C1. The van der Waals surface area contributed by atoms with Crippen LogP contribution >= 0.6 is 11.6 Å². The van der Waals surface area contributed by atoms with Crippen LogP contribution in [0.3, 0.4) is 0 Å². The number of hydrogen-bond acceptors (Lipinski definition) is 4. The molecule has 1 unspecified atom stereocenters. The van der Waals surface area contributed by atoms with Crippen LogP contribution in [0.1, 0.15) is 12.5 Å². The van der Waals surface area contributed by atoms with Crippen LogP contribution < -0.4 is 10.1 Å². The highest BCUT2D eigenvalue weighted by molar-refractivity contribution is 6.31. The summed E-state index contributed by atoms with van der Waals surface area (Å²) < 4.78 is 11.1. The summed E-state index contributed by atoms with van der Waals surface area (Å²) >= 11 is 6.22. The third-order valence-corrected chi connectivity index (χ3v) is 3.99. The monoisotopic (exact) mass is 298 g/mol. The van der Waals surface area contributed by atoms with Crippen molar-refractivity contribution < 1.29 is 9.47 Å². The fourth-order valence-corrected chi connectivity index (χ4v) is 2.68. The summed E-state index contributed by atoms with van der Waals surface area (Å²) in [6.45, 7) is 7.62. The highest BCUT2D eigenvalue weighted by Crippen LogP contribution is 2.25. The van der Waals surface area contributed by atoms with Gasteiger partial charge in [0.05, 0.1) is 19.8 Å². The molecule has 1 fully saturated rings. The van der Waals surface area contributed by atoms with Gasteiger partial charge >= 0.3 is 0 Å². The molecule has 1 aliphatic rings. The van der Waals surface area contributed by atoms with E-state index in [2.05, 4.69) is 17.1 Å². The molecule has 0 aliphatic carbocycles. The van der Waals surface area contributed by atoms with Crippen LogP contribution in [0.15, 0.2) is 18.2 Å². The van der Waals surface area contributed by atoms with Gasteiger partial charge in [-0.05, 0) is 18.7 Å². The van der Waals surface area contributed by atoms with E-state index in [0.29, 0.717) is 6.54 Å². The maximum absolute atomic E-state index is 6.22. The van der Waals surface area contributed by atoms with Crippen LogP contribution in [0, 0.1) is 0 Å². The lowest BCUT2D eigenvalue weighted by atomic mass is 10.2. The minimum Gasteiger partial charge on any atom is -0.496 e. The number of benzene rings is 1. The van der Waals surface area contributed by atoms with Gasteiger partial charge in [-0.15, -0.1) is 0 Å². The van der Waals surface area contributed by atoms with Crippen molar-refractivity contribution in [3.63, 3.8) is 0 Å². The third-order valence-electron chi connectivity index (χ3n) is 3.64. The second-order valence-corrected chi connectivity index (χ2v) is 5.34. The van der Waals surface area contributed by atoms with Gasteiger partial charge in [0.2, 0.25) is 0 Å². The standard InChI is InChI=1S/C15H23ClN2O2/c1-3-18-7-8-20-12(11-18)9-17-10-13-14(16)5-4-6-15(13)19-2/h4-6,12,17H,3,7-11H2,1-2H3. The number of morpholine rings is 1. The third kappa shape index (κ3) is 4.09. The Hall–Kier alpha value is -0.810.